The molecule has 0 aliphatic carbocycles. The topological polar surface area (TPSA) is 41.0 Å². The maximum atomic E-state index is 14.4. The van der Waals surface area contributed by atoms with Crippen LogP contribution in [0.2, 0.25) is 0 Å². The van der Waals surface area contributed by atoms with Gasteiger partial charge in [0.05, 0.1) is 11.0 Å². The Hall–Kier alpha value is -2.40. The van der Waals surface area contributed by atoms with Crippen LogP contribution in [-0.2, 0) is 6.42 Å². The Bertz CT molecular complexity index is 910. The summed E-state index contributed by atoms with van der Waals surface area (Å²) >= 11 is 0. The highest BCUT2D eigenvalue weighted by atomic mass is 19.1. The zero-order chi connectivity index (χ0) is 17.9. The number of rotatable bonds is 5. The van der Waals surface area contributed by atoms with E-state index < -0.39 is 6.17 Å². The fourth-order valence-electron chi connectivity index (χ4n) is 4.01. The van der Waals surface area contributed by atoms with Gasteiger partial charge in [-0.25, -0.2) is 9.18 Å². The number of hydrogen-bond acceptors (Lipinski definition) is 2. The van der Waals surface area contributed by atoms with Gasteiger partial charge in [-0.05, 0) is 30.5 Å². The zero-order valence-electron chi connectivity index (χ0n) is 14.8. The average Bonchev–Trinajstić information content (AvgIpc) is 2.99. The predicted octanol–water partition coefficient (Wildman–Crippen LogP) is 3.55. The molecule has 1 aliphatic heterocycles. The lowest BCUT2D eigenvalue weighted by molar-refractivity contribution is 0.142. The van der Waals surface area contributed by atoms with Crippen molar-refractivity contribution in [3.05, 3.63) is 70.6 Å². The molecular formula is C21H24FN3O. The Balaban J connectivity index is 1.36. The summed E-state index contributed by atoms with van der Waals surface area (Å²) in [6.45, 7) is 2.11. The molecule has 1 aromatic heterocycles. The molecule has 1 atom stereocenters. The number of para-hydroxylation sites is 2. The Morgan fingerprint density at radius 1 is 1.04 bits per heavy atom. The number of halogens is 1. The van der Waals surface area contributed by atoms with Gasteiger partial charge in [0.1, 0.15) is 6.17 Å². The molecule has 0 spiro atoms. The molecule has 4 rings (SSSR count). The number of piperidine rings is 1. The van der Waals surface area contributed by atoms with Gasteiger partial charge in [0.15, 0.2) is 0 Å². The molecule has 136 valence electrons. The molecule has 1 saturated heterocycles. The first kappa shape index (κ1) is 17.0. The number of fused-ring (bicyclic) bond motifs is 1. The van der Waals surface area contributed by atoms with Crippen LogP contribution in [0.1, 0.15) is 24.4 Å². The van der Waals surface area contributed by atoms with Gasteiger partial charge in [0, 0.05) is 32.1 Å². The number of benzene rings is 2. The molecule has 26 heavy (non-hydrogen) atoms. The number of likely N-dealkylation sites (tertiary alicyclic amines) is 1. The third-order valence-electron chi connectivity index (χ3n) is 5.30. The molecule has 0 radical (unpaired) electrons. The van der Waals surface area contributed by atoms with Crippen LogP contribution in [-0.4, -0.2) is 40.3 Å². The van der Waals surface area contributed by atoms with E-state index in [1.165, 1.54) is 0 Å². The molecule has 1 fully saturated rings. The Kier molecular flexibility index (Phi) is 4.89. The predicted molar refractivity (Wildman–Crippen MR) is 102 cm³/mol. The van der Waals surface area contributed by atoms with E-state index in [0.29, 0.717) is 13.0 Å². The first-order chi connectivity index (χ1) is 12.7. The largest absolute Gasteiger partial charge is 0.326 e. The molecule has 4 nitrogen and oxygen atoms in total. The Morgan fingerprint density at radius 2 is 1.73 bits per heavy atom. The molecule has 1 aliphatic rings. The number of nitrogens with zero attached hydrogens (tertiary/aromatic N) is 2. The Morgan fingerprint density at radius 3 is 2.50 bits per heavy atom. The average molecular weight is 353 g/mol. The molecule has 5 heteroatoms. The summed E-state index contributed by atoms with van der Waals surface area (Å²) in [5.74, 6) is 0. The first-order valence-electron chi connectivity index (χ1n) is 9.30. The minimum atomic E-state index is -0.857. The zero-order valence-corrected chi connectivity index (χ0v) is 14.8. The SMILES string of the molecule is O=c1[nH]c2ccccc2n1C1CCN(C[C@@H](F)Cc2ccccc2)CC1. The van der Waals surface area contributed by atoms with Crippen LogP contribution in [0, 0.1) is 0 Å². The highest BCUT2D eigenvalue weighted by molar-refractivity contribution is 5.75. The molecule has 2 heterocycles. The molecular weight excluding hydrogens is 329 g/mol. The lowest BCUT2D eigenvalue weighted by Gasteiger charge is -2.33. The third kappa shape index (κ3) is 3.58. The van der Waals surface area contributed by atoms with Crippen LogP contribution in [0.4, 0.5) is 4.39 Å². The van der Waals surface area contributed by atoms with E-state index in [1.54, 1.807) is 0 Å². The summed E-state index contributed by atoms with van der Waals surface area (Å²) < 4.78 is 16.3. The van der Waals surface area contributed by atoms with Gasteiger partial charge in [0.25, 0.3) is 0 Å². The van der Waals surface area contributed by atoms with Crippen molar-refractivity contribution < 1.29 is 4.39 Å². The molecule has 3 aromatic rings. The van der Waals surface area contributed by atoms with Gasteiger partial charge in [-0.1, -0.05) is 42.5 Å². The van der Waals surface area contributed by atoms with Crippen LogP contribution < -0.4 is 5.69 Å². The molecule has 0 saturated carbocycles. The van der Waals surface area contributed by atoms with Gasteiger partial charge >= 0.3 is 5.69 Å². The lowest BCUT2D eigenvalue weighted by Crippen LogP contribution is -2.40. The number of aromatic nitrogens is 2. The molecule has 2 aromatic carbocycles. The summed E-state index contributed by atoms with van der Waals surface area (Å²) in [5.41, 5.74) is 2.84. The quantitative estimate of drug-likeness (QED) is 0.762. The lowest BCUT2D eigenvalue weighted by atomic mass is 10.0. The third-order valence-corrected chi connectivity index (χ3v) is 5.30. The second kappa shape index (κ2) is 7.46. The van der Waals surface area contributed by atoms with E-state index in [0.717, 1.165) is 42.5 Å². The first-order valence-corrected chi connectivity index (χ1v) is 9.30. The van der Waals surface area contributed by atoms with Crippen molar-refractivity contribution in [2.45, 2.75) is 31.5 Å². The highest BCUT2D eigenvalue weighted by Crippen LogP contribution is 2.25. The Labute approximate surface area is 152 Å². The number of aromatic amines is 1. The summed E-state index contributed by atoms with van der Waals surface area (Å²) in [4.78, 5) is 17.4. The number of hydrogen-bond donors (Lipinski definition) is 1. The van der Waals surface area contributed by atoms with Crippen LogP contribution in [0.15, 0.2) is 59.4 Å². The van der Waals surface area contributed by atoms with Crippen molar-refractivity contribution in [1.29, 1.82) is 0 Å². The molecule has 0 unspecified atom stereocenters. The van der Waals surface area contributed by atoms with Gasteiger partial charge in [-0.15, -0.1) is 0 Å². The second-order valence-corrected chi connectivity index (χ2v) is 7.14. The van der Waals surface area contributed by atoms with E-state index in [-0.39, 0.29) is 11.7 Å². The van der Waals surface area contributed by atoms with E-state index in [9.17, 15) is 9.18 Å². The second-order valence-electron chi connectivity index (χ2n) is 7.14. The normalized spacial score (nSPS) is 17.6. The van der Waals surface area contributed by atoms with Crippen molar-refractivity contribution in [1.82, 2.24) is 14.5 Å². The van der Waals surface area contributed by atoms with Gasteiger partial charge in [0.2, 0.25) is 0 Å². The minimum absolute atomic E-state index is 0.0444. The number of nitrogens with one attached hydrogen (secondary N) is 1. The van der Waals surface area contributed by atoms with Gasteiger partial charge < -0.3 is 9.88 Å². The summed E-state index contributed by atoms with van der Waals surface area (Å²) in [7, 11) is 0. The fraction of sp³-hybridized carbons (Fsp3) is 0.381. The molecule has 1 N–H and O–H groups in total. The fourth-order valence-corrected chi connectivity index (χ4v) is 4.01. The van der Waals surface area contributed by atoms with Gasteiger partial charge in [-0.3, -0.25) is 4.57 Å². The van der Waals surface area contributed by atoms with Crippen molar-refractivity contribution in [3.8, 4) is 0 Å². The summed E-state index contributed by atoms with van der Waals surface area (Å²) in [5, 5.41) is 0. The van der Waals surface area contributed by atoms with Crippen LogP contribution >= 0.6 is 0 Å². The van der Waals surface area contributed by atoms with E-state index in [4.69, 9.17) is 0 Å². The maximum Gasteiger partial charge on any atom is 0.326 e. The van der Waals surface area contributed by atoms with Crippen LogP contribution in [0.5, 0.6) is 0 Å². The molecule has 0 bridgehead atoms. The van der Waals surface area contributed by atoms with Crippen LogP contribution in [0.3, 0.4) is 0 Å². The van der Waals surface area contributed by atoms with Gasteiger partial charge in [-0.2, -0.15) is 0 Å². The summed E-state index contributed by atoms with van der Waals surface area (Å²) in [6.07, 6.45) is 1.35. The highest BCUT2D eigenvalue weighted by Gasteiger charge is 2.25. The van der Waals surface area contributed by atoms with Crippen molar-refractivity contribution in [2.24, 2.45) is 0 Å². The number of alkyl halides is 1. The van der Waals surface area contributed by atoms with E-state index in [1.807, 2.05) is 59.2 Å². The maximum absolute atomic E-state index is 14.4. The standard InChI is InChI=1S/C21H24FN3O/c22-17(14-16-6-2-1-3-7-16)15-24-12-10-18(11-13-24)25-20-9-5-4-8-19(20)23-21(25)26/h1-9,17-18H,10-15H2,(H,23,26)/t17-/m0/s1. The number of H-pyrrole nitrogens is 1. The number of imidazole rings is 1. The minimum Gasteiger partial charge on any atom is -0.306 e. The smallest absolute Gasteiger partial charge is 0.306 e. The van der Waals surface area contributed by atoms with Crippen molar-refractivity contribution in [3.63, 3.8) is 0 Å². The monoisotopic (exact) mass is 353 g/mol. The van der Waals surface area contributed by atoms with E-state index >= 15 is 0 Å². The molecule has 0 amide bonds. The van der Waals surface area contributed by atoms with Crippen LogP contribution in [0.25, 0.3) is 11.0 Å². The summed E-state index contributed by atoms with van der Waals surface area (Å²) in [6, 6.07) is 17.8. The van der Waals surface area contributed by atoms with Crippen molar-refractivity contribution in [2.75, 3.05) is 19.6 Å². The van der Waals surface area contributed by atoms with Crippen molar-refractivity contribution >= 4 is 11.0 Å². The van der Waals surface area contributed by atoms with E-state index in [2.05, 4.69) is 9.88 Å².